The van der Waals surface area contributed by atoms with Crippen LogP contribution in [0, 0.1) is 6.57 Å². The third-order valence-electron chi connectivity index (χ3n) is 9.04. The Bertz CT molecular complexity index is 1640. The highest BCUT2D eigenvalue weighted by atomic mass is 16.6. The number of carbonyl (C=O) groups excluding carboxylic acids is 2. The highest BCUT2D eigenvalue weighted by Crippen LogP contribution is 2.38. The van der Waals surface area contributed by atoms with Crippen LogP contribution in [0.15, 0.2) is 30.6 Å². The van der Waals surface area contributed by atoms with Gasteiger partial charge >= 0.3 is 12.1 Å². The van der Waals surface area contributed by atoms with Gasteiger partial charge < -0.3 is 29.0 Å². The Morgan fingerprint density at radius 2 is 1.89 bits per heavy atom. The number of amides is 3. The summed E-state index contributed by atoms with van der Waals surface area (Å²) in [6.07, 6.45) is 6.07. The van der Waals surface area contributed by atoms with Crippen molar-refractivity contribution < 1.29 is 23.8 Å². The van der Waals surface area contributed by atoms with Gasteiger partial charge in [0.1, 0.15) is 11.2 Å². The molecule has 0 radical (unpaired) electrons. The second kappa shape index (κ2) is 11.1. The zero-order valence-electron chi connectivity index (χ0n) is 25.5. The Balaban J connectivity index is 1.28. The summed E-state index contributed by atoms with van der Waals surface area (Å²) in [5.74, 6) is 0. The highest BCUT2D eigenvalue weighted by Gasteiger charge is 2.39. The van der Waals surface area contributed by atoms with Crippen LogP contribution in [0.5, 0.6) is 0 Å². The van der Waals surface area contributed by atoms with Crippen LogP contribution >= 0.6 is 0 Å². The normalized spacial score (nSPS) is 23.4. The number of rotatable bonds is 2. The SMILES string of the molecule is [C-]#[N+]c1c[nH]c2ncc(-c3cc4c(c([C@@H]5COCCN5C(=O)OC(C)(C)C)c3)CN(C(=O)N3CC5CCC(C3)O5)CC4)cc12. The lowest BCUT2D eigenvalue weighted by atomic mass is 9.87. The van der Waals surface area contributed by atoms with Crippen LogP contribution < -0.4 is 0 Å². The van der Waals surface area contributed by atoms with Crippen molar-refractivity contribution >= 4 is 28.8 Å². The number of aromatic nitrogens is 2. The predicted molar refractivity (Wildman–Crippen MR) is 163 cm³/mol. The van der Waals surface area contributed by atoms with Crippen LogP contribution in [-0.2, 0) is 27.2 Å². The first-order valence-corrected chi connectivity index (χ1v) is 15.4. The summed E-state index contributed by atoms with van der Waals surface area (Å²) in [6, 6.07) is 5.93. The number of benzene rings is 1. The highest BCUT2D eigenvalue weighted by molar-refractivity contribution is 5.93. The van der Waals surface area contributed by atoms with Gasteiger partial charge in [-0.1, -0.05) is 12.1 Å². The third kappa shape index (κ3) is 5.37. The molecule has 230 valence electrons. The molecule has 2 aromatic heterocycles. The van der Waals surface area contributed by atoms with E-state index < -0.39 is 5.60 Å². The molecule has 11 heteroatoms. The lowest BCUT2D eigenvalue weighted by molar-refractivity contribution is -0.0337. The Kier molecular flexibility index (Phi) is 7.22. The number of nitrogens with one attached hydrogen (secondary N) is 1. The number of carbonyl (C=O) groups is 2. The molecule has 3 amide bonds. The number of pyridine rings is 1. The monoisotopic (exact) mass is 598 g/mol. The summed E-state index contributed by atoms with van der Waals surface area (Å²) < 4.78 is 17.8. The minimum absolute atomic E-state index is 0.0450. The van der Waals surface area contributed by atoms with E-state index in [2.05, 4.69) is 26.9 Å². The van der Waals surface area contributed by atoms with Crippen molar-refractivity contribution in [2.45, 2.75) is 70.4 Å². The predicted octanol–water partition coefficient (Wildman–Crippen LogP) is 5.43. The Morgan fingerprint density at radius 1 is 1.09 bits per heavy atom. The Morgan fingerprint density at radius 3 is 2.64 bits per heavy atom. The van der Waals surface area contributed by atoms with Crippen molar-refractivity contribution in [1.82, 2.24) is 24.7 Å². The van der Waals surface area contributed by atoms with E-state index in [1.807, 2.05) is 42.8 Å². The van der Waals surface area contributed by atoms with Crippen molar-refractivity contribution in [2.24, 2.45) is 0 Å². The molecule has 4 aliphatic rings. The molecule has 6 heterocycles. The number of hydrogen-bond acceptors (Lipinski definition) is 6. The summed E-state index contributed by atoms with van der Waals surface area (Å²) in [5.41, 5.74) is 5.51. The number of morpholine rings is 2. The van der Waals surface area contributed by atoms with Crippen molar-refractivity contribution in [3.05, 3.63) is 58.7 Å². The minimum atomic E-state index is -0.639. The molecular formula is C33H38N6O5. The second-order valence-electron chi connectivity index (χ2n) is 13.2. The van der Waals surface area contributed by atoms with E-state index in [9.17, 15) is 9.59 Å². The van der Waals surface area contributed by atoms with Crippen LogP contribution in [0.1, 0.15) is 56.3 Å². The van der Waals surface area contributed by atoms with Crippen LogP contribution in [-0.4, -0.2) is 94.0 Å². The van der Waals surface area contributed by atoms with Gasteiger partial charge in [0.05, 0.1) is 38.0 Å². The molecule has 3 fully saturated rings. The molecular weight excluding hydrogens is 560 g/mol. The summed E-state index contributed by atoms with van der Waals surface area (Å²) in [6.45, 7) is 16.6. The van der Waals surface area contributed by atoms with Gasteiger partial charge in [0, 0.05) is 50.5 Å². The van der Waals surface area contributed by atoms with Crippen LogP contribution in [0.4, 0.5) is 15.3 Å². The quantitative estimate of drug-likeness (QED) is 0.395. The van der Waals surface area contributed by atoms with E-state index in [0.717, 1.165) is 46.0 Å². The molecule has 2 bridgehead atoms. The number of hydrogen-bond donors (Lipinski definition) is 1. The van der Waals surface area contributed by atoms with Crippen LogP contribution in [0.2, 0.25) is 0 Å². The number of urea groups is 1. The molecule has 2 unspecified atom stereocenters. The zero-order valence-corrected chi connectivity index (χ0v) is 25.5. The third-order valence-corrected chi connectivity index (χ3v) is 9.04. The van der Waals surface area contributed by atoms with Gasteiger partial charge in [-0.25, -0.2) is 19.4 Å². The first kappa shape index (κ1) is 28.6. The van der Waals surface area contributed by atoms with Crippen molar-refractivity contribution in [2.75, 3.05) is 39.4 Å². The molecule has 0 aliphatic carbocycles. The molecule has 44 heavy (non-hydrogen) atoms. The van der Waals surface area contributed by atoms with Crippen molar-refractivity contribution in [3.8, 4) is 11.1 Å². The van der Waals surface area contributed by atoms with E-state index in [-0.39, 0.29) is 30.4 Å². The fraction of sp³-hybridized carbons (Fsp3) is 0.515. The van der Waals surface area contributed by atoms with Crippen LogP contribution in [0.3, 0.4) is 0 Å². The number of ether oxygens (including phenoxy) is 3. The number of H-pyrrole nitrogens is 1. The van der Waals surface area contributed by atoms with Gasteiger partial charge in [0.25, 0.3) is 0 Å². The average molecular weight is 599 g/mol. The number of aromatic amines is 1. The fourth-order valence-corrected chi connectivity index (χ4v) is 6.94. The Labute approximate surface area is 256 Å². The maximum absolute atomic E-state index is 13.8. The fourth-order valence-electron chi connectivity index (χ4n) is 6.94. The summed E-state index contributed by atoms with van der Waals surface area (Å²) in [7, 11) is 0. The number of fused-ring (bicyclic) bond motifs is 4. The summed E-state index contributed by atoms with van der Waals surface area (Å²) in [4.78, 5) is 44.2. The van der Waals surface area contributed by atoms with E-state index in [1.54, 1.807) is 11.1 Å². The van der Waals surface area contributed by atoms with Gasteiger partial charge in [0.15, 0.2) is 0 Å². The smallest absolute Gasteiger partial charge is 0.410 e. The molecule has 0 spiro atoms. The van der Waals surface area contributed by atoms with E-state index in [1.165, 1.54) is 0 Å². The van der Waals surface area contributed by atoms with Crippen LogP contribution in [0.25, 0.3) is 27.0 Å². The van der Waals surface area contributed by atoms with Gasteiger partial charge in [-0.3, -0.25) is 4.90 Å². The number of likely N-dealkylation sites (tertiary alicyclic amines) is 1. The lowest BCUT2D eigenvalue weighted by Crippen LogP contribution is -2.52. The van der Waals surface area contributed by atoms with E-state index >= 15 is 0 Å². The summed E-state index contributed by atoms with van der Waals surface area (Å²) >= 11 is 0. The molecule has 0 saturated carbocycles. The minimum Gasteiger partial charge on any atom is -0.444 e. The average Bonchev–Trinajstić information content (AvgIpc) is 3.59. The van der Waals surface area contributed by atoms with Crippen molar-refractivity contribution in [1.29, 1.82) is 0 Å². The largest absolute Gasteiger partial charge is 0.444 e. The molecule has 1 aromatic carbocycles. The van der Waals surface area contributed by atoms with Gasteiger partial charge in [-0.2, -0.15) is 0 Å². The van der Waals surface area contributed by atoms with E-state index in [0.29, 0.717) is 63.7 Å². The molecule has 3 aromatic rings. The maximum atomic E-state index is 13.8. The van der Waals surface area contributed by atoms with Crippen molar-refractivity contribution in [3.63, 3.8) is 0 Å². The van der Waals surface area contributed by atoms with E-state index in [4.69, 9.17) is 20.8 Å². The lowest BCUT2D eigenvalue weighted by Gasteiger charge is -2.41. The summed E-state index contributed by atoms with van der Waals surface area (Å²) in [5, 5.41) is 0.768. The maximum Gasteiger partial charge on any atom is 0.410 e. The molecule has 4 aliphatic heterocycles. The molecule has 1 N–H and O–H groups in total. The second-order valence-corrected chi connectivity index (χ2v) is 13.2. The molecule has 7 rings (SSSR count). The molecule has 3 atom stereocenters. The standard InChI is InChI=1S/C33H38N6O5/c1-33(2,3)44-32(41)39-9-10-42-19-29(39)25-12-21(22-13-26-28(34-4)15-36-30(26)35-14-22)11-20-7-8-37(18-27(20)25)31(40)38-16-23-5-6-24(17-38)43-23/h11-15,23-24,29H,5-10,16-19H2,1-3H3,(H,35,36)/t23?,24?,29-/m0/s1. The van der Waals surface area contributed by atoms with Gasteiger partial charge in [-0.05, 0) is 73.9 Å². The number of nitrogens with zero attached hydrogens (tertiary/aromatic N) is 5. The first-order valence-electron chi connectivity index (χ1n) is 15.4. The first-order chi connectivity index (χ1) is 21.2. The van der Waals surface area contributed by atoms with Gasteiger partial charge in [0.2, 0.25) is 5.69 Å². The van der Waals surface area contributed by atoms with Gasteiger partial charge in [-0.15, -0.1) is 0 Å². The topological polar surface area (TPSA) is 105 Å². The zero-order chi connectivity index (χ0) is 30.6. The molecule has 3 saturated heterocycles. The Hall–Kier alpha value is -4.14. The molecule has 11 nitrogen and oxygen atoms in total.